The largest absolute Gasteiger partial charge is 0.493 e. The van der Waals surface area contributed by atoms with Crippen molar-refractivity contribution < 1.29 is 14.3 Å². The lowest BCUT2D eigenvalue weighted by molar-refractivity contribution is 0.102. The smallest absolute Gasteiger partial charge is 0.255 e. The SMILES string of the molecule is COc1ccc(C(=O)Nc2cccc(-c3ccc(=N)n(C(C)=N)n3)c2)cc1OC. The topological polar surface area (TPSA) is 113 Å². The number of carbonyl (C=O) groups excluding carboxylic acids is 1. The number of nitrogens with one attached hydrogen (secondary N) is 3. The molecule has 0 radical (unpaired) electrons. The molecule has 0 saturated heterocycles. The van der Waals surface area contributed by atoms with E-state index in [1.807, 2.05) is 6.07 Å². The predicted octanol–water partition coefficient (Wildman–Crippen LogP) is 3.14. The van der Waals surface area contributed by atoms with Crippen molar-refractivity contribution in [3.05, 3.63) is 65.6 Å². The van der Waals surface area contributed by atoms with Gasteiger partial charge in [-0.1, -0.05) is 12.1 Å². The highest BCUT2D eigenvalue weighted by molar-refractivity contribution is 6.04. The maximum Gasteiger partial charge on any atom is 0.255 e. The Balaban J connectivity index is 1.87. The van der Waals surface area contributed by atoms with E-state index in [1.165, 1.54) is 18.9 Å². The molecule has 2 aromatic carbocycles. The molecule has 0 atom stereocenters. The molecular formula is C21H21N5O3. The lowest BCUT2D eigenvalue weighted by atomic mass is 10.1. The zero-order valence-corrected chi connectivity index (χ0v) is 16.3. The second-order valence-electron chi connectivity index (χ2n) is 6.21. The molecule has 0 bridgehead atoms. The maximum absolute atomic E-state index is 12.6. The summed E-state index contributed by atoms with van der Waals surface area (Å²) in [5, 5.41) is 22.7. The summed E-state index contributed by atoms with van der Waals surface area (Å²) in [7, 11) is 3.05. The quantitative estimate of drug-likeness (QED) is 0.458. The third-order valence-corrected chi connectivity index (χ3v) is 4.21. The molecule has 0 fully saturated rings. The number of nitrogens with zero attached hydrogens (tertiary/aromatic N) is 2. The van der Waals surface area contributed by atoms with Crippen LogP contribution in [0.4, 0.5) is 5.69 Å². The monoisotopic (exact) mass is 391 g/mol. The minimum Gasteiger partial charge on any atom is -0.493 e. The van der Waals surface area contributed by atoms with E-state index in [-0.39, 0.29) is 17.2 Å². The molecule has 148 valence electrons. The van der Waals surface area contributed by atoms with Gasteiger partial charge in [0.05, 0.1) is 19.9 Å². The minimum atomic E-state index is -0.289. The second kappa shape index (κ2) is 8.39. The zero-order chi connectivity index (χ0) is 21.0. The third-order valence-electron chi connectivity index (χ3n) is 4.21. The van der Waals surface area contributed by atoms with E-state index in [9.17, 15) is 4.79 Å². The Bertz CT molecular complexity index is 1140. The van der Waals surface area contributed by atoms with Crippen molar-refractivity contribution in [2.24, 2.45) is 0 Å². The lowest BCUT2D eigenvalue weighted by Gasteiger charge is -2.11. The molecule has 1 aromatic heterocycles. The summed E-state index contributed by atoms with van der Waals surface area (Å²) >= 11 is 0. The van der Waals surface area contributed by atoms with E-state index >= 15 is 0 Å². The molecule has 8 heteroatoms. The van der Waals surface area contributed by atoms with Crippen molar-refractivity contribution in [2.75, 3.05) is 19.5 Å². The van der Waals surface area contributed by atoms with Crippen LogP contribution in [0.1, 0.15) is 17.3 Å². The molecule has 0 spiro atoms. The van der Waals surface area contributed by atoms with E-state index in [1.54, 1.807) is 55.5 Å². The maximum atomic E-state index is 12.6. The lowest BCUT2D eigenvalue weighted by Crippen LogP contribution is -2.26. The molecular weight excluding hydrogens is 370 g/mol. The molecule has 1 heterocycles. The highest BCUT2D eigenvalue weighted by Crippen LogP contribution is 2.28. The van der Waals surface area contributed by atoms with Crippen LogP contribution < -0.4 is 20.3 Å². The Kier molecular flexibility index (Phi) is 5.73. The van der Waals surface area contributed by atoms with Crippen LogP contribution in [0.25, 0.3) is 11.3 Å². The van der Waals surface area contributed by atoms with Gasteiger partial charge in [0.25, 0.3) is 5.91 Å². The Morgan fingerprint density at radius 3 is 2.48 bits per heavy atom. The van der Waals surface area contributed by atoms with Crippen LogP contribution in [0.5, 0.6) is 11.5 Å². The molecule has 0 aliphatic heterocycles. The molecule has 3 rings (SSSR count). The summed E-state index contributed by atoms with van der Waals surface area (Å²) in [5.74, 6) is 0.877. The number of ether oxygens (including phenoxy) is 2. The molecule has 8 nitrogen and oxygen atoms in total. The predicted molar refractivity (Wildman–Crippen MR) is 110 cm³/mol. The van der Waals surface area contributed by atoms with Gasteiger partial charge in [0.2, 0.25) is 0 Å². The van der Waals surface area contributed by atoms with Gasteiger partial charge in [-0.3, -0.25) is 15.6 Å². The molecule has 0 aliphatic carbocycles. The van der Waals surface area contributed by atoms with Gasteiger partial charge in [-0.25, -0.2) is 4.68 Å². The number of hydrogen-bond acceptors (Lipinski definition) is 6. The van der Waals surface area contributed by atoms with E-state index < -0.39 is 0 Å². The fraction of sp³-hybridized carbons (Fsp3) is 0.143. The minimum absolute atomic E-state index is 0.124. The van der Waals surface area contributed by atoms with E-state index in [0.29, 0.717) is 28.4 Å². The molecule has 3 N–H and O–H groups in total. The Morgan fingerprint density at radius 1 is 1.03 bits per heavy atom. The van der Waals surface area contributed by atoms with Crippen LogP contribution in [0.3, 0.4) is 0 Å². The van der Waals surface area contributed by atoms with Crippen molar-refractivity contribution in [2.45, 2.75) is 6.92 Å². The number of hydrogen-bond donors (Lipinski definition) is 3. The summed E-state index contributed by atoms with van der Waals surface area (Å²) in [5.41, 5.74) is 2.50. The summed E-state index contributed by atoms with van der Waals surface area (Å²) < 4.78 is 11.7. The van der Waals surface area contributed by atoms with Crippen LogP contribution >= 0.6 is 0 Å². The van der Waals surface area contributed by atoms with Gasteiger partial charge in [0, 0.05) is 16.8 Å². The highest BCUT2D eigenvalue weighted by atomic mass is 16.5. The fourth-order valence-corrected chi connectivity index (χ4v) is 2.77. The highest BCUT2D eigenvalue weighted by Gasteiger charge is 2.12. The van der Waals surface area contributed by atoms with Gasteiger partial charge >= 0.3 is 0 Å². The number of rotatable bonds is 5. The first-order valence-corrected chi connectivity index (χ1v) is 8.77. The van der Waals surface area contributed by atoms with Gasteiger partial charge in [0.15, 0.2) is 11.5 Å². The first-order chi connectivity index (χ1) is 13.9. The molecule has 3 aromatic rings. The van der Waals surface area contributed by atoms with Crippen molar-refractivity contribution in [3.8, 4) is 22.8 Å². The summed E-state index contributed by atoms with van der Waals surface area (Å²) in [4.78, 5) is 12.6. The van der Waals surface area contributed by atoms with Gasteiger partial charge in [0.1, 0.15) is 11.3 Å². The molecule has 1 amide bonds. The third kappa shape index (κ3) is 4.32. The number of anilines is 1. The van der Waals surface area contributed by atoms with Crippen LogP contribution in [0.2, 0.25) is 0 Å². The summed E-state index contributed by atoms with van der Waals surface area (Å²) in [6.07, 6.45) is 0. The average molecular weight is 391 g/mol. The van der Waals surface area contributed by atoms with E-state index in [0.717, 1.165) is 5.56 Å². The van der Waals surface area contributed by atoms with E-state index in [2.05, 4.69) is 10.4 Å². The first kappa shape index (κ1) is 19.8. The molecule has 29 heavy (non-hydrogen) atoms. The number of amides is 1. The van der Waals surface area contributed by atoms with Crippen LogP contribution in [0, 0.1) is 10.8 Å². The fourth-order valence-electron chi connectivity index (χ4n) is 2.77. The Labute approximate surface area is 167 Å². The number of carbonyl (C=O) groups is 1. The van der Waals surface area contributed by atoms with Crippen LogP contribution in [0.15, 0.2) is 54.6 Å². The van der Waals surface area contributed by atoms with Gasteiger partial charge in [-0.05, 0) is 49.4 Å². The standard InChI is InChI=1S/C21H21N5O3/c1-13(22)26-20(23)10-8-17(25-26)14-5-4-6-16(11-14)24-21(27)15-7-9-18(28-2)19(12-15)29-3/h4-12,22-23H,1-3H3,(H,24,27). The number of benzene rings is 2. The first-order valence-electron chi connectivity index (χ1n) is 8.77. The average Bonchev–Trinajstić information content (AvgIpc) is 2.73. The van der Waals surface area contributed by atoms with Gasteiger partial charge < -0.3 is 14.8 Å². The Morgan fingerprint density at radius 2 is 1.79 bits per heavy atom. The van der Waals surface area contributed by atoms with Crippen molar-refractivity contribution >= 4 is 17.4 Å². The van der Waals surface area contributed by atoms with Crippen molar-refractivity contribution in [1.29, 1.82) is 10.8 Å². The van der Waals surface area contributed by atoms with Crippen molar-refractivity contribution in [1.82, 2.24) is 9.78 Å². The van der Waals surface area contributed by atoms with Crippen LogP contribution in [-0.4, -0.2) is 35.7 Å². The number of aromatic nitrogens is 2. The zero-order valence-electron chi connectivity index (χ0n) is 16.3. The molecule has 0 unspecified atom stereocenters. The van der Waals surface area contributed by atoms with Crippen LogP contribution in [-0.2, 0) is 0 Å². The Hall–Kier alpha value is -3.94. The summed E-state index contributed by atoms with van der Waals surface area (Å²) in [6, 6.07) is 15.4. The van der Waals surface area contributed by atoms with Crippen molar-refractivity contribution in [3.63, 3.8) is 0 Å². The van der Waals surface area contributed by atoms with Gasteiger partial charge in [-0.15, -0.1) is 0 Å². The second-order valence-corrected chi connectivity index (χ2v) is 6.21. The van der Waals surface area contributed by atoms with E-state index in [4.69, 9.17) is 20.3 Å². The molecule has 0 aliphatic rings. The normalized spacial score (nSPS) is 10.3. The number of methoxy groups -OCH3 is 2. The molecule has 0 saturated carbocycles. The summed E-state index contributed by atoms with van der Waals surface area (Å²) in [6.45, 7) is 1.56. The van der Waals surface area contributed by atoms with Gasteiger partial charge in [-0.2, -0.15) is 5.10 Å².